The molecule has 0 aliphatic carbocycles. The zero-order valence-corrected chi connectivity index (χ0v) is 13.6. The number of carbonyl (C=O) groups is 1. The van der Waals surface area contributed by atoms with E-state index in [0.717, 1.165) is 12.5 Å². The van der Waals surface area contributed by atoms with Crippen LogP contribution in [0.1, 0.15) is 37.7 Å². The van der Waals surface area contributed by atoms with E-state index in [1.54, 1.807) is 7.05 Å². The molecule has 0 radical (unpaired) electrons. The summed E-state index contributed by atoms with van der Waals surface area (Å²) in [6.07, 6.45) is 0.749. The summed E-state index contributed by atoms with van der Waals surface area (Å²) in [6.45, 7) is 5.77. The van der Waals surface area contributed by atoms with Gasteiger partial charge in [-0.1, -0.05) is 6.92 Å². The molecule has 0 spiro atoms. The number of furan rings is 1. The van der Waals surface area contributed by atoms with Gasteiger partial charge in [0.2, 0.25) is 10.0 Å². The zero-order chi connectivity index (χ0) is 15.0. The molecule has 1 amide bonds. The van der Waals surface area contributed by atoms with Crippen molar-refractivity contribution in [3.63, 3.8) is 0 Å². The van der Waals surface area contributed by atoms with Crippen LogP contribution in [0.4, 0.5) is 0 Å². The summed E-state index contributed by atoms with van der Waals surface area (Å²) in [5.74, 6) is -0.470. The average molecular weight is 353 g/mol. The second-order valence-corrected chi connectivity index (χ2v) is 7.07. The lowest BCUT2D eigenvalue weighted by molar-refractivity contribution is 0.0586. The van der Waals surface area contributed by atoms with Crippen LogP contribution in [0.2, 0.25) is 0 Å². The first kappa shape index (κ1) is 16.2. The molecular weight excluding hydrogens is 336 g/mol. The second-order valence-electron chi connectivity index (χ2n) is 4.82. The van der Waals surface area contributed by atoms with E-state index in [-0.39, 0.29) is 20.9 Å². The topological polar surface area (TPSA) is 93.6 Å². The first-order chi connectivity index (χ1) is 8.50. The molecule has 1 aromatic heterocycles. The van der Waals surface area contributed by atoms with Crippen molar-refractivity contribution in [2.45, 2.75) is 37.6 Å². The van der Waals surface area contributed by atoms with Gasteiger partial charge < -0.3 is 9.32 Å². The van der Waals surface area contributed by atoms with E-state index in [1.807, 2.05) is 20.8 Å². The van der Waals surface area contributed by atoms with Crippen LogP contribution in [0.25, 0.3) is 0 Å². The molecule has 1 aromatic rings. The Labute approximate surface area is 121 Å². The van der Waals surface area contributed by atoms with E-state index in [1.165, 1.54) is 4.90 Å². The molecule has 0 aromatic carbocycles. The molecule has 0 fully saturated rings. The van der Waals surface area contributed by atoms with Gasteiger partial charge in [0.05, 0.1) is 0 Å². The fourth-order valence-corrected chi connectivity index (χ4v) is 2.83. The maximum Gasteiger partial charge on any atom is 0.289 e. The van der Waals surface area contributed by atoms with Crippen LogP contribution in [-0.2, 0) is 10.0 Å². The number of nitrogens with zero attached hydrogens (tertiary/aromatic N) is 1. The van der Waals surface area contributed by atoms with Gasteiger partial charge in [-0.25, -0.2) is 13.6 Å². The zero-order valence-electron chi connectivity index (χ0n) is 11.2. The monoisotopic (exact) mass is 352 g/mol. The predicted octanol–water partition coefficient (Wildman–Crippen LogP) is 1.95. The standard InChI is InChI=1S/C11H17BrN2O4S/c1-5-11(2,3)14(4)10(15)7-6-8(9(12)18-7)19(13,16)17/h6H,5H2,1-4H3,(H2,13,16,17). The predicted molar refractivity (Wildman–Crippen MR) is 74.2 cm³/mol. The molecule has 1 rings (SSSR count). The number of nitrogens with two attached hydrogens (primary N) is 1. The normalized spacial score (nSPS) is 12.5. The number of carbonyl (C=O) groups excluding carboxylic acids is 1. The Bertz CT molecular complexity index is 592. The molecule has 0 aliphatic rings. The van der Waals surface area contributed by atoms with Crippen molar-refractivity contribution < 1.29 is 17.6 Å². The lowest BCUT2D eigenvalue weighted by atomic mass is 10.00. The maximum atomic E-state index is 12.2. The van der Waals surface area contributed by atoms with Gasteiger partial charge in [-0.05, 0) is 36.2 Å². The minimum absolute atomic E-state index is 0.0685. The first-order valence-corrected chi connectivity index (χ1v) is 7.95. The SMILES string of the molecule is CCC(C)(C)N(C)C(=O)c1cc(S(N)(=O)=O)c(Br)o1. The Kier molecular flexibility index (Phi) is 4.48. The number of hydrogen-bond donors (Lipinski definition) is 1. The van der Waals surface area contributed by atoms with Crippen LogP contribution in [-0.4, -0.2) is 31.8 Å². The van der Waals surface area contributed by atoms with Gasteiger partial charge in [0.15, 0.2) is 10.4 Å². The minimum atomic E-state index is -3.92. The van der Waals surface area contributed by atoms with Crippen LogP contribution in [0.5, 0.6) is 0 Å². The van der Waals surface area contributed by atoms with E-state index in [4.69, 9.17) is 9.56 Å². The highest BCUT2D eigenvalue weighted by Crippen LogP contribution is 2.27. The van der Waals surface area contributed by atoms with Crippen molar-refractivity contribution in [1.29, 1.82) is 0 Å². The van der Waals surface area contributed by atoms with Crippen molar-refractivity contribution in [2.75, 3.05) is 7.05 Å². The molecule has 108 valence electrons. The second kappa shape index (κ2) is 5.26. The largest absolute Gasteiger partial charge is 0.443 e. The molecule has 0 saturated carbocycles. The van der Waals surface area contributed by atoms with Gasteiger partial charge in [-0.3, -0.25) is 4.79 Å². The molecule has 0 atom stereocenters. The number of primary sulfonamides is 1. The van der Waals surface area contributed by atoms with E-state index in [0.29, 0.717) is 0 Å². The van der Waals surface area contributed by atoms with Gasteiger partial charge in [-0.15, -0.1) is 0 Å². The van der Waals surface area contributed by atoms with Crippen LogP contribution < -0.4 is 5.14 Å². The highest BCUT2D eigenvalue weighted by atomic mass is 79.9. The molecule has 0 unspecified atom stereocenters. The third-order valence-corrected chi connectivity index (χ3v) is 5.02. The number of sulfonamides is 1. The molecule has 8 heteroatoms. The molecule has 0 saturated heterocycles. The quantitative estimate of drug-likeness (QED) is 0.895. The van der Waals surface area contributed by atoms with Crippen LogP contribution >= 0.6 is 15.9 Å². The van der Waals surface area contributed by atoms with E-state index in [2.05, 4.69) is 15.9 Å². The highest BCUT2D eigenvalue weighted by Gasteiger charge is 2.30. The van der Waals surface area contributed by atoms with Gasteiger partial charge in [-0.2, -0.15) is 0 Å². The summed E-state index contributed by atoms with van der Waals surface area (Å²) in [5, 5.41) is 5.02. The van der Waals surface area contributed by atoms with Gasteiger partial charge in [0.1, 0.15) is 4.90 Å². The Morgan fingerprint density at radius 1 is 1.53 bits per heavy atom. The van der Waals surface area contributed by atoms with Crippen molar-refractivity contribution in [3.05, 3.63) is 16.5 Å². The Hall–Kier alpha value is -0.860. The smallest absolute Gasteiger partial charge is 0.289 e. The molecular formula is C11H17BrN2O4S. The van der Waals surface area contributed by atoms with E-state index in [9.17, 15) is 13.2 Å². The number of halogens is 1. The maximum absolute atomic E-state index is 12.2. The fraction of sp³-hybridized carbons (Fsp3) is 0.545. The lowest BCUT2D eigenvalue weighted by Crippen LogP contribution is -2.44. The van der Waals surface area contributed by atoms with Crippen molar-refractivity contribution in [3.8, 4) is 0 Å². The van der Waals surface area contributed by atoms with Crippen LogP contribution in [0, 0.1) is 0 Å². The van der Waals surface area contributed by atoms with Crippen molar-refractivity contribution in [2.24, 2.45) is 5.14 Å². The van der Waals surface area contributed by atoms with Crippen LogP contribution in [0.15, 0.2) is 20.0 Å². The van der Waals surface area contributed by atoms with Gasteiger partial charge in [0.25, 0.3) is 5.91 Å². The summed E-state index contributed by atoms with van der Waals surface area (Å²) in [5.41, 5.74) is -0.363. The molecule has 2 N–H and O–H groups in total. The lowest BCUT2D eigenvalue weighted by Gasteiger charge is -2.34. The summed E-state index contributed by atoms with van der Waals surface area (Å²) < 4.78 is 27.6. The van der Waals surface area contributed by atoms with Crippen LogP contribution in [0.3, 0.4) is 0 Å². The van der Waals surface area contributed by atoms with E-state index >= 15 is 0 Å². The average Bonchev–Trinajstić information content (AvgIpc) is 2.69. The first-order valence-electron chi connectivity index (χ1n) is 5.61. The Balaban J connectivity index is 3.16. The molecule has 19 heavy (non-hydrogen) atoms. The number of rotatable bonds is 4. The third kappa shape index (κ3) is 3.37. The molecule has 0 aliphatic heterocycles. The Morgan fingerprint density at radius 2 is 2.05 bits per heavy atom. The summed E-state index contributed by atoms with van der Waals surface area (Å²) in [7, 11) is -2.29. The Morgan fingerprint density at radius 3 is 2.42 bits per heavy atom. The summed E-state index contributed by atoms with van der Waals surface area (Å²) in [4.78, 5) is 13.5. The van der Waals surface area contributed by atoms with Crippen molar-refractivity contribution in [1.82, 2.24) is 4.90 Å². The highest BCUT2D eigenvalue weighted by molar-refractivity contribution is 9.10. The summed E-state index contributed by atoms with van der Waals surface area (Å²) in [6, 6.07) is 1.13. The molecule has 0 bridgehead atoms. The number of amides is 1. The van der Waals surface area contributed by atoms with Crippen molar-refractivity contribution >= 4 is 31.9 Å². The molecule has 1 heterocycles. The summed E-state index contributed by atoms with van der Waals surface area (Å²) >= 11 is 2.94. The van der Waals surface area contributed by atoms with Gasteiger partial charge in [0, 0.05) is 18.7 Å². The van der Waals surface area contributed by atoms with Gasteiger partial charge >= 0.3 is 0 Å². The fourth-order valence-electron chi connectivity index (χ4n) is 1.33. The van der Waals surface area contributed by atoms with E-state index < -0.39 is 15.9 Å². The third-order valence-electron chi connectivity index (χ3n) is 3.25. The number of hydrogen-bond acceptors (Lipinski definition) is 4. The minimum Gasteiger partial charge on any atom is -0.443 e. The molecule has 6 nitrogen and oxygen atoms in total.